The summed E-state index contributed by atoms with van der Waals surface area (Å²) in [7, 11) is -1.36. The number of carbonyl (C=O) groups is 2. The van der Waals surface area contributed by atoms with Gasteiger partial charge in [-0.15, -0.1) is 11.3 Å². The van der Waals surface area contributed by atoms with Gasteiger partial charge in [0.2, 0.25) is 10.0 Å². The van der Waals surface area contributed by atoms with Crippen LogP contribution in [0.1, 0.15) is 25.3 Å². The van der Waals surface area contributed by atoms with Crippen molar-refractivity contribution in [3.63, 3.8) is 0 Å². The summed E-state index contributed by atoms with van der Waals surface area (Å²) in [6.07, 6.45) is 0. The van der Waals surface area contributed by atoms with Crippen molar-refractivity contribution in [1.82, 2.24) is 10.3 Å². The van der Waals surface area contributed by atoms with Gasteiger partial charge in [-0.05, 0) is 37.6 Å². The van der Waals surface area contributed by atoms with Gasteiger partial charge in [0.25, 0.3) is 0 Å². The van der Waals surface area contributed by atoms with E-state index in [9.17, 15) is 18.0 Å². The lowest BCUT2D eigenvalue weighted by Gasteiger charge is -2.30. The number of methoxy groups -OCH3 is 2. The normalized spacial score (nSPS) is 14.2. The summed E-state index contributed by atoms with van der Waals surface area (Å²) in [4.78, 5) is 30.1. The molecule has 0 atom stereocenters. The molecule has 0 amide bonds. The molecule has 0 radical (unpaired) electrons. The van der Waals surface area contributed by atoms with Crippen LogP contribution in [0.15, 0.2) is 81.3 Å². The molecule has 2 heterocycles. The van der Waals surface area contributed by atoms with Crippen LogP contribution in [0.2, 0.25) is 0 Å². The topological polar surface area (TPSA) is 150 Å². The minimum Gasteiger partial charge on any atom is -0.466 e. The van der Waals surface area contributed by atoms with Crippen LogP contribution in [0.25, 0.3) is 11.3 Å². The second kappa shape index (κ2) is 10.8. The molecule has 1 aliphatic rings. The molecule has 3 aromatic rings. The van der Waals surface area contributed by atoms with E-state index in [1.807, 2.05) is 18.2 Å². The first kappa shape index (κ1) is 27.0. The SMILES string of the molecule is COC(=O)C1=C(C)NC(C)=C(C(=O)OC)C1c1cccc(Nc2nc(-c3ccccc3S(N)(=O)=O)cs2)c1. The van der Waals surface area contributed by atoms with Gasteiger partial charge in [-0.25, -0.2) is 28.1 Å². The van der Waals surface area contributed by atoms with Crippen LogP contribution in [0.4, 0.5) is 10.8 Å². The molecule has 38 heavy (non-hydrogen) atoms. The number of hydrogen-bond acceptors (Lipinski definition) is 10. The van der Waals surface area contributed by atoms with Crippen LogP contribution in [0.5, 0.6) is 0 Å². The van der Waals surface area contributed by atoms with Gasteiger partial charge in [-0.3, -0.25) is 0 Å². The number of rotatable bonds is 7. The van der Waals surface area contributed by atoms with E-state index in [4.69, 9.17) is 14.6 Å². The van der Waals surface area contributed by atoms with Crippen LogP contribution in [-0.2, 0) is 29.1 Å². The van der Waals surface area contributed by atoms with Gasteiger partial charge in [-0.2, -0.15) is 0 Å². The first-order valence-electron chi connectivity index (χ1n) is 11.3. The fourth-order valence-corrected chi connectivity index (χ4v) is 5.87. The zero-order chi connectivity index (χ0) is 27.6. The van der Waals surface area contributed by atoms with E-state index in [2.05, 4.69) is 15.6 Å². The van der Waals surface area contributed by atoms with E-state index >= 15 is 0 Å². The highest BCUT2D eigenvalue weighted by atomic mass is 32.2. The molecule has 4 rings (SSSR count). The Balaban J connectivity index is 1.72. The van der Waals surface area contributed by atoms with Crippen molar-refractivity contribution in [2.24, 2.45) is 5.14 Å². The van der Waals surface area contributed by atoms with E-state index in [1.165, 1.54) is 31.6 Å². The Bertz CT molecular complexity index is 1550. The third kappa shape index (κ3) is 5.32. The van der Waals surface area contributed by atoms with Crippen LogP contribution < -0.4 is 15.8 Å². The number of nitrogens with zero attached hydrogens (tertiary/aromatic N) is 1. The van der Waals surface area contributed by atoms with Gasteiger partial charge in [0.05, 0.1) is 41.9 Å². The van der Waals surface area contributed by atoms with Crippen LogP contribution >= 0.6 is 11.3 Å². The highest BCUT2D eigenvalue weighted by molar-refractivity contribution is 7.89. The Morgan fingerprint density at radius 3 is 2.24 bits per heavy atom. The summed E-state index contributed by atoms with van der Waals surface area (Å²) in [6, 6.07) is 13.6. The number of dihydropyridines is 1. The molecule has 12 heteroatoms. The van der Waals surface area contributed by atoms with Crippen LogP contribution in [-0.4, -0.2) is 39.6 Å². The summed E-state index contributed by atoms with van der Waals surface area (Å²) in [5.41, 5.74) is 3.90. The average molecular weight is 555 g/mol. The van der Waals surface area contributed by atoms with Crippen molar-refractivity contribution in [1.29, 1.82) is 0 Å². The van der Waals surface area contributed by atoms with Crippen molar-refractivity contribution in [3.05, 3.63) is 82.0 Å². The molecule has 2 aromatic carbocycles. The van der Waals surface area contributed by atoms with Gasteiger partial charge in [-0.1, -0.05) is 30.3 Å². The predicted octanol–water partition coefficient (Wildman–Crippen LogP) is 3.78. The number of hydrogen-bond donors (Lipinski definition) is 3. The lowest BCUT2D eigenvalue weighted by molar-refractivity contribution is -0.137. The first-order chi connectivity index (χ1) is 18.0. The second-order valence-electron chi connectivity index (χ2n) is 8.45. The van der Waals surface area contributed by atoms with E-state index in [1.54, 1.807) is 43.5 Å². The fraction of sp³-hybridized carbons (Fsp3) is 0.192. The Labute approximate surface area is 224 Å². The number of esters is 2. The van der Waals surface area contributed by atoms with E-state index in [0.717, 1.165) is 0 Å². The standard InChI is InChI=1S/C26H26N4O6S2/c1-14-21(24(31)35-3)23(22(15(2)28-14)25(32)36-4)16-8-7-9-17(12-16)29-26-30-19(13-37-26)18-10-5-6-11-20(18)38(27,33)34/h5-13,23,28H,1-4H3,(H,29,30)(H2,27,33,34). The number of nitrogens with two attached hydrogens (primary N) is 1. The van der Waals surface area contributed by atoms with Crippen molar-refractivity contribution in [3.8, 4) is 11.3 Å². The molecular weight excluding hydrogens is 528 g/mol. The maximum atomic E-state index is 12.8. The summed E-state index contributed by atoms with van der Waals surface area (Å²) < 4.78 is 34.1. The van der Waals surface area contributed by atoms with Crippen molar-refractivity contribution >= 4 is 44.1 Å². The highest BCUT2D eigenvalue weighted by Crippen LogP contribution is 2.40. The van der Waals surface area contributed by atoms with Gasteiger partial charge >= 0.3 is 11.9 Å². The number of nitrogens with one attached hydrogen (secondary N) is 2. The summed E-state index contributed by atoms with van der Waals surface area (Å²) in [6.45, 7) is 3.49. The second-order valence-corrected chi connectivity index (χ2v) is 10.8. The molecule has 0 unspecified atom stereocenters. The lowest BCUT2D eigenvalue weighted by atomic mass is 9.80. The van der Waals surface area contributed by atoms with E-state index < -0.39 is 27.9 Å². The molecule has 1 aromatic heterocycles. The van der Waals surface area contributed by atoms with E-state index in [-0.39, 0.29) is 4.90 Å². The highest BCUT2D eigenvalue weighted by Gasteiger charge is 2.37. The summed E-state index contributed by atoms with van der Waals surface area (Å²) in [5.74, 6) is -1.86. The number of primary sulfonamides is 1. The molecule has 0 saturated heterocycles. The number of aromatic nitrogens is 1. The van der Waals surface area contributed by atoms with Gasteiger partial charge in [0.1, 0.15) is 0 Å². The fourth-order valence-electron chi connectivity index (χ4n) is 4.39. The smallest absolute Gasteiger partial charge is 0.336 e. The molecule has 0 saturated carbocycles. The third-order valence-electron chi connectivity index (χ3n) is 6.02. The lowest BCUT2D eigenvalue weighted by Crippen LogP contribution is -2.32. The molecular formula is C26H26N4O6S2. The number of sulfonamides is 1. The molecule has 1 aliphatic heterocycles. The Kier molecular flexibility index (Phi) is 7.67. The molecule has 198 valence electrons. The molecule has 4 N–H and O–H groups in total. The molecule has 0 bridgehead atoms. The zero-order valence-electron chi connectivity index (χ0n) is 21.1. The van der Waals surface area contributed by atoms with Gasteiger partial charge in [0.15, 0.2) is 5.13 Å². The van der Waals surface area contributed by atoms with Crippen molar-refractivity contribution < 1.29 is 27.5 Å². The average Bonchev–Trinajstić information content (AvgIpc) is 3.35. The number of carbonyl (C=O) groups excluding carboxylic acids is 2. The maximum absolute atomic E-state index is 12.8. The minimum absolute atomic E-state index is 0.0141. The van der Waals surface area contributed by atoms with Crippen molar-refractivity contribution in [2.75, 3.05) is 19.5 Å². The number of ether oxygens (including phenoxy) is 2. The summed E-state index contributed by atoms with van der Waals surface area (Å²) in [5, 5.41) is 13.9. The largest absolute Gasteiger partial charge is 0.466 e. The van der Waals surface area contributed by atoms with E-state index in [0.29, 0.717) is 50.2 Å². The van der Waals surface area contributed by atoms with Gasteiger partial charge in [0, 0.05) is 28.0 Å². The monoisotopic (exact) mass is 554 g/mol. The van der Waals surface area contributed by atoms with Crippen LogP contribution in [0.3, 0.4) is 0 Å². The van der Waals surface area contributed by atoms with Gasteiger partial charge < -0.3 is 20.1 Å². The third-order valence-corrected chi connectivity index (χ3v) is 7.74. The Hall–Kier alpha value is -4.00. The molecule has 0 aliphatic carbocycles. The quantitative estimate of drug-likeness (QED) is 0.371. The number of allylic oxidation sites excluding steroid dienone is 2. The summed E-state index contributed by atoms with van der Waals surface area (Å²) >= 11 is 1.28. The molecule has 0 spiro atoms. The Morgan fingerprint density at radius 2 is 1.63 bits per heavy atom. The van der Waals surface area contributed by atoms with Crippen molar-refractivity contribution in [2.45, 2.75) is 24.7 Å². The molecule has 10 nitrogen and oxygen atoms in total. The Morgan fingerprint density at radius 1 is 1.00 bits per heavy atom. The van der Waals surface area contributed by atoms with Crippen LogP contribution in [0, 0.1) is 0 Å². The number of anilines is 2. The zero-order valence-corrected chi connectivity index (χ0v) is 22.7. The maximum Gasteiger partial charge on any atom is 0.336 e. The minimum atomic E-state index is -3.93. The number of thiazole rings is 1. The predicted molar refractivity (Wildman–Crippen MR) is 144 cm³/mol. The molecule has 0 fully saturated rings. The first-order valence-corrected chi connectivity index (χ1v) is 13.8. The number of benzene rings is 2.